The summed E-state index contributed by atoms with van der Waals surface area (Å²) in [6.45, 7) is -1.60. The first-order chi connectivity index (χ1) is 12.4. The van der Waals surface area contributed by atoms with E-state index in [1.54, 1.807) is 0 Å². The molecule has 0 aromatic rings. The lowest BCUT2D eigenvalue weighted by molar-refractivity contribution is -0.306. The van der Waals surface area contributed by atoms with Crippen LogP contribution in [0, 0.1) is 0 Å². The van der Waals surface area contributed by atoms with Crippen molar-refractivity contribution in [2.75, 3.05) is 13.2 Å². The van der Waals surface area contributed by atoms with Gasteiger partial charge < -0.3 is 50.0 Å². The van der Waals surface area contributed by atoms with Crippen LogP contribution >= 0.6 is 0 Å². The number of carbonyl (C=O) groups is 1. The van der Waals surface area contributed by atoms with Gasteiger partial charge in [0.1, 0.15) is 42.7 Å². The van der Waals surface area contributed by atoms with Gasteiger partial charge in [-0.3, -0.25) is 4.55 Å². The van der Waals surface area contributed by atoms with Crippen LogP contribution in [0.2, 0.25) is 0 Å². The average Bonchev–Trinajstić information content (AvgIpc) is 2.61. The molecule has 0 spiro atoms. The Kier molecular flexibility index (Phi) is 9.06. The molecule has 0 aromatic carbocycles. The van der Waals surface area contributed by atoms with Crippen molar-refractivity contribution in [1.29, 1.82) is 0 Å². The molecular weight excluding hydrogens is 400 g/mol. The van der Waals surface area contributed by atoms with Gasteiger partial charge in [0.2, 0.25) is 0 Å². The molecule has 1 saturated heterocycles. The topological polar surface area (TPSA) is 241 Å². The average molecular weight is 422 g/mol. The van der Waals surface area contributed by atoms with E-state index in [9.17, 15) is 43.9 Å². The van der Waals surface area contributed by atoms with E-state index < -0.39 is 78.7 Å². The lowest BCUT2D eigenvalue weighted by atomic mass is 9.99. The molecule has 15 heteroatoms. The first-order valence-corrected chi connectivity index (χ1v) is 8.86. The second kappa shape index (κ2) is 10.1. The molecule has 27 heavy (non-hydrogen) atoms. The largest absolute Gasteiger partial charge is 0.398 e. The Labute approximate surface area is 153 Å². The summed E-state index contributed by atoms with van der Waals surface area (Å²) in [6.07, 6.45) is -17.1. The summed E-state index contributed by atoms with van der Waals surface area (Å²) in [5.74, 6) is 0. The van der Waals surface area contributed by atoms with Gasteiger partial charge in [0.25, 0.3) is 0 Å². The fourth-order valence-electron chi connectivity index (χ4n) is 2.22. The van der Waals surface area contributed by atoms with Crippen molar-refractivity contribution >= 4 is 16.7 Å². The molecule has 1 heterocycles. The number of hydrogen-bond acceptors (Lipinski definition) is 13. The highest BCUT2D eigenvalue weighted by Crippen LogP contribution is 2.22. The highest BCUT2D eigenvalue weighted by molar-refractivity contribution is 7.80. The number of aldehydes is 1. The van der Waals surface area contributed by atoms with E-state index in [0.717, 1.165) is 0 Å². The molecule has 160 valence electrons. The summed E-state index contributed by atoms with van der Waals surface area (Å²) in [5, 5.41) is 67.1. The fourth-order valence-corrected chi connectivity index (χ4v) is 2.66. The van der Waals surface area contributed by atoms with Crippen molar-refractivity contribution in [3.05, 3.63) is 0 Å². The number of aliphatic hydroxyl groups is 7. The Balaban J connectivity index is 2.66. The third kappa shape index (κ3) is 6.63. The van der Waals surface area contributed by atoms with Gasteiger partial charge in [-0.25, -0.2) is 4.18 Å². The van der Waals surface area contributed by atoms with Crippen molar-refractivity contribution in [2.24, 2.45) is 0 Å². The number of carbonyl (C=O) groups excluding carboxylic acids is 1. The minimum atomic E-state index is -5.14. The summed E-state index contributed by atoms with van der Waals surface area (Å²) in [4.78, 5) is 10.7. The summed E-state index contributed by atoms with van der Waals surface area (Å²) in [6, 6.07) is 0. The first-order valence-electron chi connectivity index (χ1n) is 7.50. The third-order valence-corrected chi connectivity index (χ3v) is 4.19. The summed E-state index contributed by atoms with van der Waals surface area (Å²) < 4.78 is 43.4. The molecule has 9 atom stereocenters. The van der Waals surface area contributed by atoms with Gasteiger partial charge in [-0.05, 0) is 0 Å². The number of aliphatic hydroxyl groups excluding tert-OH is 7. The Bertz CT molecular complexity index is 566. The minimum Gasteiger partial charge on any atom is -0.394 e. The normalized spacial score (nSPS) is 33.9. The Morgan fingerprint density at radius 1 is 1.04 bits per heavy atom. The maximum Gasteiger partial charge on any atom is 0.398 e. The van der Waals surface area contributed by atoms with Gasteiger partial charge in [-0.1, -0.05) is 0 Å². The van der Waals surface area contributed by atoms with Crippen LogP contribution in [0.15, 0.2) is 0 Å². The maximum absolute atomic E-state index is 10.7. The van der Waals surface area contributed by atoms with E-state index in [1.807, 2.05) is 0 Å². The molecule has 14 nitrogen and oxygen atoms in total. The third-order valence-electron chi connectivity index (χ3n) is 3.73. The molecular formula is C12H22O14S. The molecule has 1 rings (SSSR count). The fraction of sp³-hybridized carbons (Fsp3) is 0.917. The second-order valence-corrected chi connectivity index (χ2v) is 6.75. The van der Waals surface area contributed by atoms with E-state index in [0.29, 0.717) is 0 Å². The highest BCUT2D eigenvalue weighted by Gasteiger charge is 2.44. The van der Waals surface area contributed by atoms with Crippen LogP contribution in [0.3, 0.4) is 0 Å². The molecule has 1 aliphatic heterocycles. The van der Waals surface area contributed by atoms with Crippen molar-refractivity contribution in [1.82, 2.24) is 0 Å². The highest BCUT2D eigenvalue weighted by atomic mass is 32.3. The smallest absolute Gasteiger partial charge is 0.394 e. The monoisotopic (exact) mass is 422 g/mol. The molecule has 0 bridgehead atoms. The predicted molar refractivity (Wildman–Crippen MR) is 80.2 cm³/mol. The van der Waals surface area contributed by atoms with Crippen LogP contribution in [0.1, 0.15) is 0 Å². The second-order valence-electron chi connectivity index (χ2n) is 5.70. The van der Waals surface area contributed by atoms with E-state index in [-0.39, 0.29) is 6.29 Å². The van der Waals surface area contributed by atoms with Gasteiger partial charge in [0, 0.05) is 0 Å². The van der Waals surface area contributed by atoms with Crippen molar-refractivity contribution in [3.8, 4) is 0 Å². The van der Waals surface area contributed by atoms with E-state index >= 15 is 0 Å². The molecule has 0 radical (unpaired) electrons. The summed E-state index contributed by atoms with van der Waals surface area (Å²) in [7, 11) is -5.14. The van der Waals surface area contributed by atoms with E-state index in [1.165, 1.54) is 0 Å². The molecule has 1 fully saturated rings. The lowest BCUT2D eigenvalue weighted by Crippen LogP contribution is -2.59. The molecule has 0 aromatic heterocycles. The quantitative estimate of drug-likeness (QED) is 0.121. The van der Waals surface area contributed by atoms with E-state index in [4.69, 9.17) is 19.1 Å². The van der Waals surface area contributed by atoms with Crippen LogP contribution in [0.5, 0.6) is 0 Å². The number of ether oxygens (including phenoxy) is 2. The molecule has 0 aliphatic carbocycles. The molecule has 8 N–H and O–H groups in total. The summed E-state index contributed by atoms with van der Waals surface area (Å²) in [5.41, 5.74) is 0. The van der Waals surface area contributed by atoms with E-state index in [2.05, 4.69) is 4.18 Å². The van der Waals surface area contributed by atoms with Crippen LogP contribution in [0.4, 0.5) is 0 Å². The zero-order valence-corrected chi connectivity index (χ0v) is 14.4. The summed E-state index contributed by atoms with van der Waals surface area (Å²) >= 11 is 0. The van der Waals surface area contributed by atoms with Crippen molar-refractivity contribution < 1.29 is 67.2 Å². The van der Waals surface area contributed by atoms with Gasteiger partial charge >= 0.3 is 10.4 Å². The zero-order valence-electron chi connectivity index (χ0n) is 13.6. The molecule has 0 amide bonds. The maximum atomic E-state index is 10.7. The van der Waals surface area contributed by atoms with Crippen LogP contribution in [0.25, 0.3) is 0 Å². The SMILES string of the molecule is O=C[C@H](OS(=O)(=O)O)[C@@H](O)[C@H](O)[C@H](O)CO[C@H]1O[C@H](CO)[C@@H](O)[C@H](O)[C@H]1O. The Morgan fingerprint density at radius 2 is 1.63 bits per heavy atom. The van der Waals surface area contributed by atoms with Crippen molar-refractivity contribution in [2.45, 2.75) is 55.1 Å². The molecule has 1 aliphatic rings. The predicted octanol–water partition coefficient (Wildman–Crippen LogP) is -5.73. The van der Waals surface area contributed by atoms with Crippen LogP contribution in [-0.2, 0) is 28.9 Å². The van der Waals surface area contributed by atoms with Gasteiger partial charge in [-0.15, -0.1) is 0 Å². The van der Waals surface area contributed by atoms with Gasteiger partial charge in [0.15, 0.2) is 18.7 Å². The lowest BCUT2D eigenvalue weighted by Gasteiger charge is -2.40. The zero-order chi connectivity index (χ0) is 20.9. The Morgan fingerprint density at radius 3 is 2.11 bits per heavy atom. The van der Waals surface area contributed by atoms with Gasteiger partial charge in [-0.2, -0.15) is 8.42 Å². The number of rotatable bonds is 10. The standard InChI is InChI=1S/C12H22O14S/c13-1-5-8(17)10(19)11(20)12(25-5)24-3-4(15)7(16)9(18)6(2-14)26-27(21,22)23/h2,4-13,15-20H,1,3H2,(H,21,22,23)/t4-,5-,6+,7-,8-,9-,10+,11-,12+/m1/s1. The number of hydrogen-bond donors (Lipinski definition) is 8. The molecule has 0 saturated carbocycles. The first kappa shape index (κ1) is 24.2. The molecule has 0 unspecified atom stereocenters. The Hall–Kier alpha value is -0.820. The minimum absolute atomic E-state index is 0.243. The van der Waals surface area contributed by atoms with Crippen molar-refractivity contribution in [3.63, 3.8) is 0 Å². The van der Waals surface area contributed by atoms with Crippen LogP contribution in [-0.4, -0.2) is 123 Å². The van der Waals surface area contributed by atoms with Crippen LogP contribution < -0.4 is 0 Å². The van der Waals surface area contributed by atoms with Gasteiger partial charge in [0.05, 0.1) is 13.2 Å².